The third-order valence-corrected chi connectivity index (χ3v) is 9.41. The average Bonchev–Trinajstić information content (AvgIpc) is 3.65. The number of hydrogen-bond donors (Lipinski definition) is 1. The lowest BCUT2D eigenvalue weighted by molar-refractivity contribution is -0.125. The monoisotopic (exact) mass is 537 g/mol. The van der Waals surface area contributed by atoms with E-state index in [9.17, 15) is 14.0 Å². The number of halogens is 1. The molecule has 39 heavy (non-hydrogen) atoms. The van der Waals surface area contributed by atoms with E-state index < -0.39 is 0 Å². The van der Waals surface area contributed by atoms with Gasteiger partial charge in [-0.2, -0.15) is 5.10 Å². The van der Waals surface area contributed by atoms with E-state index in [2.05, 4.69) is 14.9 Å². The lowest BCUT2D eigenvalue weighted by Crippen LogP contribution is -2.37. The van der Waals surface area contributed by atoms with Crippen molar-refractivity contribution in [2.75, 3.05) is 45.9 Å². The molecule has 1 aromatic carbocycles. The summed E-state index contributed by atoms with van der Waals surface area (Å²) >= 11 is 0. The van der Waals surface area contributed by atoms with Gasteiger partial charge in [-0.05, 0) is 75.5 Å². The first-order valence-electron chi connectivity index (χ1n) is 14.6. The Morgan fingerprint density at radius 2 is 1.90 bits per heavy atom. The molecule has 3 aliphatic heterocycles. The van der Waals surface area contributed by atoms with Crippen molar-refractivity contribution in [1.29, 1.82) is 0 Å². The largest absolute Gasteiger partial charge is 0.381 e. The van der Waals surface area contributed by atoms with E-state index in [1.165, 1.54) is 18.6 Å². The quantitative estimate of drug-likeness (QED) is 0.556. The smallest absolute Gasteiger partial charge is 0.257 e. The Morgan fingerprint density at radius 1 is 1.13 bits per heavy atom. The van der Waals surface area contributed by atoms with Crippen LogP contribution in [0.2, 0.25) is 0 Å². The summed E-state index contributed by atoms with van der Waals surface area (Å²) in [5.74, 6) is 0.592. The first kappa shape index (κ1) is 26.4. The van der Waals surface area contributed by atoms with Crippen LogP contribution in [-0.4, -0.2) is 77.3 Å². The number of hydrogen-bond acceptors (Lipinski definition) is 5. The second-order valence-corrected chi connectivity index (χ2v) is 12.0. The Bertz CT molecular complexity index is 1210. The number of ether oxygens (including phenoxy) is 1. The molecule has 0 spiro atoms. The minimum absolute atomic E-state index is 0.0135. The third kappa shape index (κ3) is 5.35. The summed E-state index contributed by atoms with van der Waals surface area (Å²) in [6.07, 6.45) is 4.98. The molecule has 1 saturated carbocycles. The molecule has 4 fully saturated rings. The number of carbonyl (C=O) groups excluding carboxylic acids is 2. The number of amides is 2. The zero-order chi connectivity index (χ0) is 27.1. The highest BCUT2D eigenvalue weighted by molar-refractivity contribution is 5.96. The molecule has 6 rings (SSSR count). The van der Waals surface area contributed by atoms with E-state index in [-0.39, 0.29) is 29.6 Å². The van der Waals surface area contributed by atoms with Crippen LogP contribution in [0.3, 0.4) is 0 Å². The highest BCUT2D eigenvalue weighted by atomic mass is 19.1. The number of aryl methyl sites for hydroxylation is 1. The van der Waals surface area contributed by atoms with Gasteiger partial charge in [0.25, 0.3) is 5.91 Å². The average molecular weight is 538 g/mol. The van der Waals surface area contributed by atoms with Crippen LogP contribution in [0.4, 0.5) is 4.39 Å². The van der Waals surface area contributed by atoms with E-state index in [1.807, 2.05) is 24.8 Å². The Morgan fingerprint density at radius 3 is 2.54 bits per heavy atom. The van der Waals surface area contributed by atoms with Crippen LogP contribution in [0.5, 0.6) is 0 Å². The Hall–Kier alpha value is -2.78. The van der Waals surface area contributed by atoms with Gasteiger partial charge in [0.1, 0.15) is 5.82 Å². The fraction of sp³-hybridized carbons (Fsp3) is 0.633. The van der Waals surface area contributed by atoms with Crippen molar-refractivity contribution in [1.82, 2.24) is 24.9 Å². The molecule has 4 heterocycles. The number of aromatic nitrogens is 2. The van der Waals surface area contributed by atoms with Crippen molar-refractivity contribution >= 4 is 11.8 Å². The molecule has 4 atom stereocenters. The van der Waals surface area contributed by atoms with Crippen molar-refractivity contribution in [2.45, 2.75) is 58.0 Å². The molecular weight excluding hydrogens is 497 g/mol. The Balaban J connectivity index is 1.05. The van der Waals surface area contributed by atoms with Gasteiger partial charge in [-0.15, -0.1) is 0 Å². The summed E-state index contributed by atoms with van der Waals surface area (Å²) in [5, 5.41) is 7.90. The van der Waals surface area contributed by atoms with Crippen molar-refractivity contribution in [3.63, 3.8) is 0 Å². The molecule has 2 aromatic rings. The summed E-state index contributed by atoms with van der Waals surface area (Å²) in [4.78, 5) is 30.9. The Labute approximate surface area is 229 Å². The van der Waals surface area contributed by atoms with Crippen molar-refractivity contribution in [3.8, 4) is 0 Å². The summed E-state index contributed by atoms with van der Waals surface area (Å²) in [6, 6.07) is 6.75. The van der Waals surface area contributed by atoms with Gasteiger partial charge in [0.2, 0.25) is 5.91 Å². The van der Waals surface area contributed by atoms with Gasteiger partial charge in [-0.3, -0.25) is 14.3 Å². The lowest BCUT2D eigenvalue weighted by atomic mass is 9.93. The SMILES string of the molecule is Cc1nn(C2CCC2)c(C)c1C(=O)N1CC2CN(CC[C@H](NC(=O)C3CCOC3)c3cccc(F)c3)CC2C1. The van der Waals surface area contributed by atoms with Crippen LogP contribution in [0, 0.1) is 37.4 Å². The minimum atomic E-state index is -0.292. The zero-order valence-electron chi connectivity index (χ0n) is 23.1. The van der Waals surface area contributed by atoms with Gasteiger partial charge in [0, 0.05) is 45.0 Å². The van der Waals surface area contributed by atoms with Crippen LogP contribution in [0.1, 0.15) is 71.5 Å². The number of fused-ring (bicyclic) bond motifs is 1. The highest BCUT2D eigenvalue weighted by Crippen LogP contribution is 2.36. The summed E-state index contributed by atoms with van der Waals surface area (Å²) < 4.78 is 21.5. The predicted molar refractivity (Wildman–Crippen MR) is 145 cm³/mol. The van der Waals surface area contributed by atoms with Gasteiger partial charge in [-0.25, -0.2) is 4.39 Å². The first-order valence-corrected chi connectivity index (χ1v) is 14.6. The molecule has 4 aliphatic rings. The zero-order valence-corrected chi connectivity index (χ0v) is 23.1. The molecule has 1 N–H and O–H groups in total. The molecule has 9 heteroatoms. The fourth-order valence-electron chi connectivity index (χ4n) is 6.94. The van der Waals surface area contributed by atoms with E-state index >= 15 is 0 Å². The Kier molecular flexibility index (Phi) is 7.46. The van der Waals surface area contributed by atoms with Crippen LogP contribution in [-0.2, 0) is 9.53 Å². The summed E-state index contributed by atoms with van der Waals surface area (Å²) in [6.45, 7) is 9.31. The van der Waals surface area contributed by atoms with E-state index in [0.29, 0.717) is 37.5 Å². The van der Waals surface area contributed by atoms with Crippen molar-refractivity contribution < 1.29 is 18.7 Å². The lowest BCUT2D eigenvalue weighted by Gasteiger charge is -2.27. The van der Waals surface area contributed by atoms with Crippen molar-refractivity contribution in [2.24, 2.45) is 17.8 Å². The van der Waals surface area contributed by atoms with Crippen LogP contribution in [0.25, 0.3) is 0 Å². The van der Waals surface area contributed by atoms with Crippen LogP contribution < -0.4 is 5.32 Å². The topological polar surface area (TPSA) is 79.7 Å². The number of nitrogens with zero attached hydrogens (tertiary/aromatic N) is 4. The van der Waals surface area contributed by atoms with Gasteiger partial charge < -0.3 is 19.9 Å². The van der Waals surface area contributed by atoms with Crippen LogP contribution in [0.15, 0.2) is 24.3 Å². The standard InChI is InChI=1S/C30H40FN5O3/c1-19-28(20(2)36(33-19)26-7-4-8-26)30(38)35-16-23-14-34(15-24(23)17-35)11-9-27(21-5-3-6-25(31)13-21)32-29(37)22-10-12-39-18-22/h3,5-6,13,22-24,26-27H,4,7-12,14-18H2,1-2H3,(H,32,37)/t22?,23?,24?,27-/m0/s1. The molecular formula is C30H40FN5O3. The number of rotatable bonds is 8. The molecule has 2 amide bonds. The number of carbonyl (C=O) groups is 2. The number of likely N-dealkylation sites (tertiary alicyclic amines) is 2. The molecule has 3 saturated heterocycles. The maximum absolute atomic E-state index is 14.0. The van der Waals surface area contributed by atoms with Gasteiger partial charge in [-0.1, -0.05) is 12.1 Å². The molecule has 8 nitrogen and oxygen atoms in total. The second-order valence-electron chi connectivity index (χ2n) is 12.0. The van der Waals surface area contributed by atoms with E-state index in [1.54, 1.807) is 6.07 Å². The van der Waals surface area contributed by atoms with E-state index in [4.69, 9.17) is 9.84 Å². The molecule has 0 radical (unpaired) electrons. The normalized spacial score (nSPS) is 26.0. The second kappa shape index (κ2) is 11.0. The fourth-order valence-corrected chi connectivity index (χ4v) is 6.94. The summed E-state index contributed by atoms with van der Waals surface area (Å²) in [5.41, 5.74) is 3.44. The maximum Gasteiger partial charge on any atom is 0.257 e. The van der Waals surface area contributed by atoms with Crippen molar-refractivity contribution in [3.05, 3.63) is 52.6 Å². The van der Waals surface area contributed by atoms with E-state index in [0.717, 1.165) is 74.5 Å². The molecule has 3 unspecified atom stereocenters. The maximum atomic E-state index is 14.0. The van der Waals surface area contributed by atoms with Crippen LogP contribution >= 0.6 is 0 Å². The minimum Gasteiger partial charge on any atom is -0.381 e. The summed E-state index contributed by atoms with van der Waals surface area (Å²) in [7, 11) is 0. The number of benzene rings is 1. The first-order chi connectivity index (χ1) is 18.9. The highest BCUT2D eigenvalue weighted by Gasteiger charge is 2.42. The molecule has 1 aromatic heterocycles. The molecule has 0 bridgehead atoms. The molecule has 210 valence electrons. The predicted octanol–water partition coefficient (Wildman–Crippen LogP) is 3.65. The van der Waals surface area contributed by atoms with Gasteiger partial charge in [0.05, 0.1) is 35.9 Å². The van der Waals surface area contributed by atoms with Gasteiger partial charge in [0.15, 0.2) is 0 Å². The third-order valence-electron chi connectivity index (χ3n) is 9.41. The van der Waals surface area contributed by atoms with Gasteiger partial charge >= 0.3 is 0 Å². The molecule has 1 aliphatic carbocycles. The number of nitrogens with one attached hydrogen (secondary N) is 1.